The number of aromatic hydroxyl groups is 2. The van der Waals surface area contributed by atoms with Gasteiger partial charge in [0.1, 0.15) is 11.5 Å². The maximum absolute atomic E-state index is 14.3. The van der Waals surface area contributed by atoms with Crippen LogP contribution in [-0.4, -0.2) is 21.8 Å². The lowest BCUT2D eigenvalue weighted by Crippen LogP contribution is -2.01. The Bertz CT molecular complexity index is 3800. The van der Waals surface area contributed by atoms with Crippen molar-refractivity contribution < 1.29 is 19.8 Å². The molecule has 0 spiro atoms. The monoisotopic (exact) mass is 1020 g/mol. The highest BCUT2D eigenvalue weighted by atomic mass is 16.3. The van der Waals surface area contributed by atoms with E-state index in [-0.39, 0.29) is 30.5 Å². The number of Topliss-reactive ketones (excluding diaryl/α,β-unsaturated/α-hetero) is 2. The van der Waals surface area contributed by atoms with E-state index in [0.29, 0.717) is 22.3 Å². The first-order chi connectivity index (χ1) is 38.4. The summed E-state index contributed by atoms with van der Waals surface area (Å²) in [5.74, 6) is 13.2. The van der Waals surface area contributed by atoms with Crippen LogP contribution in [0.4, 0.5) is 0 Å². The Labute approximate surface area is 462 Å². The molecule has 0 saturated carbocycles. The second-order valence-corrected chi connectivity index (χ2v) is 18.6. The summed E-state index contributed by atoms with van der Waals surface area (Å²) < 4.78 is 0. The van der Waals surface area contributed by atoms with Crippen molar-refractivity contribution in [2.75, 3.05) is 0 Å². The highest BCUT2D eigenvalue weighted by Crippen LogP contribution is 2.51. The van der Waals surface area contributed by atoms with Gasteiger partial charge in [-0.3, -0.25) is 9.59 Å². The Hall–Kier alpha value is -10.8. The summed E-state index contributed by atoms with van der Waals surface area (Å²) >= 11 is 0. The number of hydrogen-bond donors (Lipinski definition) is 2. The van der Waals surface area contributed by atoms with Gasteiger partial charge in [-0.05, 0) is 117 Å². The largest absolute Gasteiger partial charge is 0.508 e. The summed E-state index contributed by atoms with van der Waals surface area (Å²) in [7, 11) is 0. The van der Waals surface area contributed by atoms with Gasteiger partial charge in [0, 0.05) is 66.8 Å². The van der Waals surface area contributed by atoms with Gasteiger partial charge in [-0.2, -0.15) is 0 Å². The third kappa shape index (κ3) is 11.3. The number of ketones is 2. The van der Waals surface area contributed by atoms with Crippen molar-refractivity contribution in [3.63, 3.8) is 0 Å². The van der Waals surface area contributed by atoms with Gasteiger partial charge >= 0.3 is 0 Å². The molecule has 0 amide bonds. The van der Waals surface area contributed by atoms with Gasteiger partial charge in [-0.25, -0.2) is 0 Å². The van der Waals surface area contributed by atoms with Crippen molar-refractivity contribution in [2.24, 2.45) is 0 Å². The summed E-state index contributed by atoms with van der Waals surface area (Å²) in [6, 6.07) is 89.3. The third-order valence-electron chi connectivity index (χ3n) is 13.6. The van der Waals surface area contributed by atoms with E-state index in [4.69, 9.17) is 0 Å². The molecule has 2 N–H and O–H groups in total. The molecule has 376 valence electrons. The zero-order valence-corrected chi connectivity index (χ0v) is 42.3. The summed E-state index contributed by atoms with van der Waals surface area (Å²) in [6.45, 7) is 0. The summed E-state index contributed by atoms with van der Waals surface area (Å²) in [5.41, 5.74) is 16.9. The first-order valence-corrected chi connectivity index (χ1v) is 25.6. The fourth-order valence-electron chi connectivity index (χ4n) is 9.91. The fourth-order valence-corrected chi connectivity index (χ4v) is 9.91. The number of hydrogen-bond acceptors (Lipinski definition) is 4. The Balaban J connectivity index is 0.000000176. The number of benzene rings is 10. The number of phenolic OH excluding ortho intramolecular Hbond substituents is 2. The molecule has 0 heterocycles. The van der Waals surface area contributed by atoms with Gasteiger partial charge < -0.3 is 10.2 Å². The summed E-state index contributed by atoms with van der Waals surface area (Å²) in [5, 5.41) is 20.0. The van der Waals surface area contributed by atoms with E-state index in [2.05, 4.69) is 23.7 Å². The van der Waals surface area contributed by atoms with Crippen LogP contribution in [0.15, 0.2) is 279 Å². The molecule has 0 unspecified atom stereocenters. The van der Waals surface area contributed by atoms with Crippen molar-refractivity contribution in [3.05, 3.63) is 346 Å². The molecule has 79 heavy (non-hydrogen) atoms. The Morgan fingerprint density at radius 1 is 0.203 bits per heavy atom. The fraction of sp³-hybridized carbons (Fsp3) is 0.0133. The molecule has 2 aliphatic rings. The number of allylic oxidation sites excluding steroid dienone is 8. The third-order valence-corrected chi connectivity index (χ3v) is 13.6. The molecule has 10 aromatic rings. The molecule has 0 radical (unpaired) electrons. The quantitative estimate of drug-likeness (QED) is 0.149. The molecule has 0 fully saturated rings. The lowest BCUT2D eigenvalue weighted by atomic mass is 9.89. The second kappa shape index (κ2) is 23.8. The minimum Gasteiger partial charge on any atom is -0.508 e. The van der Waals surface area contributed by atoms with Crippen LogP contribution >= 0.6 is 0 Å². The molecule has 0 saturated heterocycles. The number of carbonyl (C=O) groups is 2. The average molecular weight is 1020 g/mol. The molecule has 0 atom stereocenters. The van der Waals surface area contributed by atoms with Gasteiger partial charge in [0.05, 0.1) is 0 Å². The lowest BCUT2D eigenvalue weighted by Gasteiger charge is -2.14. The van der Waals surface area contributed by atoms with Crippen LogP contribution in [0.5, 0.6) is 11.5 Å². The highest BCUT2D eigenvalue weighted by molar-refractivity contribution is 6.60. The molecule has 10 aromatic carbocycles. The van der Waals surface area contributed by atoms with E-state index >= 15 is 0 Å². The molecule has 12 rings (SSSR count). The second-order valence-electron chi connectivity index (χ2n) is 18.6. The number of carbonyl (C=O) groups excluding carboxylic acids is 2. The zero-order chi connectivity index (χ0) is 53.2. The maximum atomic E-state index is 14.3. The molecule has 4 heteroatoms. The van der Waals surface area contributed by atoms with Gasteiger partial charge in [0.15, 0.2) is 11.6 Å². The highest BCUT2D eigenvalue weighted by Gasteiger charge is 2.37. The van der Waals surface area contributed by atoms with Crippen LogP contribution in [0, 0.1) is 23.7 Å². The SMILES string of the molecule is C.O=C1C(c2ccccc2)=C(c2ccc(O)cc2)C(c2ccc(C#Cc3ccccc3)cc2)=C1c1ccccc1.O=C1C(c2ccccc2)=C(c2ccc(O)cc2)C(c2ccc(C#Cc3ccccc3)cc2)=C1c1ccccc1. The first kappa shape index (κ1) is 51.7. The van der Waals surface area contributed by atoms with E-state index in [1.54, 1.807) is 24.3 Å². The van der Waals surface area contributed by atoms with Crippen molar-refractivity contribution in [3.8, 4) is 35.2 Å². The predicted molar refractivity (Wildman–Crippen MR) is 324 cm³/mol. The Morgan fingerprint density at radius 3 is 0.608 bits per heavy atom. The van der Waals surface area contributed by atoms with E-state index in [0.717, 1.165) is 89.1 Å². The van der Waals surface area contributed by atoms with Crippen LogP contribution in [0.1, 0.15) is 74.2 Å². The van der Waals surface area contributed by atoms with Gasteiger partial charge in [0.2, 0.25) is 0 Å². The molecule has 0 bridgehead atoms. The molecular weight excluding hydrogens is 965 g/mol. The van der Waals surface area contributed by atoms with Crippen LogP contribution in [0.3, 0.4) is 0 Å². The van der Waals surface area contributed by atoms with Gasteiger partial charge in [0.25, 0.3) is 0 Å². The first-order valence-electron chi connectivity index (χ1n) is 25.6. The van der Waals surface area contributed by atoms with Gasteiger partial charge in [-0.1, -0.05) is 237 Å². The topological polar surface area (TPSA) is 74.6 Å². The summed E-state index contributed by atoms with van der Waals surface area (Å²) in [6.07, 6.45) is 0. The average Bonchev–Trinajstić information content (AvgIpc) is 4.23. The molecule has 4 nitrogen and oxygen atoms in total. The standard InChI is InChI=1S/2C37H24O2.CH4/c2*38-32-24-22-31(23-25-32)34-33(30-20-18-27(19-21-30)17-16-26-10-4-1-5-11-26)35(28-12-6-2-7-13-28)37(39)36(34)29-14-8-3-9-15-29;/h2*1-15,18-25,38H;1H4. The Kier molecular flexibility index (Phi) is 15.6. The van der Waals surface area contributed by atoms with Crippen LogP contribution in [0.25, 0.3) is 44.6 Å². The van der Waals surface area contributed by atoms with E-state index in [1.807, 2.05) is 255 Å². The molecule has 0 aromatic heterocycles. The maximum Gasteiger partial charge on any atom is 0.195 e. The lowest BCUT2D eigenvalue weighted by molar-refractivity contribution is -0.109. The molecule has 0 aliphatic heterocycles. The molecule has 2 aliphatic carbocycles. The molecular formula is C75H52O4. The minimum absolute atomic E-state index is 0. The number of rotatable bonds is 8. The van der Waals surface area contributed by atoms with Crippen molar-refractivity contribution in [2.45, 2.75) is 7.43 Å². The van der Waals surface area contributed by atoms with Crippen molar-refractivity contribution in [1.82, 2.24) is 0 Å². The van der Waals surface area contributed by atoms with E-state index in [9.17, 15) is 19.8 Å². The van der Waals surface area contributed by atoms with Crippen LogP contribution < -0.4 is 0 Å². The van der Waals surface area contributed by atoms with E-state index < -0.39 is 0 Å². The normalized spacial score (nSPS) is 12.7. The van der Waals surface area contributed by atoms with Crippen molar-refractivity contribution in [1.29, 1.82) is 0 Å². The van der Waals surface area contributed by atoms with Crippen LogP contribution in [0.2, 0.25) is 0 Å². The smallest absolute Gasteiger partial charge is 0.195 e. The zero-order valence-electron chi connectivity index (χ0n) is 42.3. The van der Waals surface area contributed by atoms with Crippen molar-refractivity contribution >= 4 is 56.2 Å². The predicted octanol–water partition coefficient (Wildman–Crippen LogP) is 16.4. The van der Waals surface area contributed by atoms with Gasteiger partial charge in [-0.15, -0.1) is 0 Å². The minimum atomic E-state index is -0.0154. The number of phenols is 2. The van der Waals surface area contributed by atoms with Crippen LogP contribution in [-0.2, 0) is 9.59 Å². The Morgan fingerprint density at radius 2 is 0.380 bits per heavy atom. The summed E-state index contributed by atoms with van der Waals surface area (Å²) in [4.78, 5) is 28.6. The van der Waals surface area contributed by atoms with E-state index in [1.165, 1.54) is 0 Å².